The first-order valence-electron chi connectivity index (χ1n) is 5.79. The number of hydrogen-bond donors (Lipinski definition) is 0. The van der Waals surface area contributed by atoms with Crippen molar-refractivity contribution in [1.82, 2.24) is 0 Å². The number of benzene rings is 2. The first kappa shape index (κ1) is 14.5. The van der Waals surface area contributed by atoms with Crippen LogP contribution < -0.4 is 9.47 Å². The van der Waals surface area contributed by atoms with Crippen LogP contribution in [0.3, 0.4) is 0 Å². The molecule has 0 aliphatic carbocycles. The molecule has 2 aromatic carbocycles. The van der Waals surface area contributed by atoms with Gasteiger partial charge in [-0.25, -0.2) is 4.39 Å². The van der Waals surface area contributed by atoms with Crippen molar-refractivity contribution < 1.29 is 18.7 Å². The fourth-order valence-electron chi connectivity index (χ4n) is 1.82. The number of ether oxygens (including phenoxy) is 2. The van der Waals surface area contributed by atoms with Gasteiger partial charge in [-0.1, -0.05) is 12.1 Å². The summed E-state index contributed by atoms with van der Waals surface area (Å²) in [5.74, 6) is -0.0741. The van der Waals surface area contributed by atoms with Crippen LogP contribution in [0.4, 0.5) is 4.39 Å². The number of rotatable bonds is 4. The maximum absolute atomic E-state index is 13.7. The zero-order chi connectivity index (χ0) is 14.7. The largest absolute Gasteiger partial charge is 0.493 e. The topological polar surface area (TPSA) is 35.5 Å². The average Bonchev–Trinajstić information content (AvgIpc) is 2.46. The molecule has 0 aliphatic rings. The Hall–Kier alpha value is -1.88. The number of methoxy groups -OCH3 is 2. The lowest BCUT2D eigenvalue weighted by atomic mass is 10.0. The molecule has 0 unspecified atom stereocenters. The molecule has 0 saturated carbocycles. The van der Waals surface area contributed by atoms with Crippen LogP contribution in [-0.2, 0) is 0 Å². The summed E-state index contributed by atoms with van der Waals surface area (Å²) in [6.45, 7) is 0. The average molecular weight is 339 g/mol. The van der Waals surface area contributed by atoms with Crippen molar-refractivity contribution >= 4 is 21.7 Å². The van der Waals surface area contributed by atoms with Gasteiger partial charge in [0, 0.05) is 10.0 Å². The van der Waals surface area contributed by atoms with Crippen molar-refractivity contribution in [1.29, 1.82) is 0 Å². The Morgan fingerprint density at radius 2 is 1.65 bits per heavy atom. The lowest BCUT2D eigenvalue weighted by molar-refractivity contribution is 0.103. The fraction of sp³-hybridized carbons (Fsp3) is 0.133. The molecule has 3 nitrogen and oxygen atoms in total. The molecular weight excluding hydrogens is 327 g/mol. The highest BCUT2D eigenvalue weighted by Crippen LogP contribution is 2.34. The summed E-state index contributed by atoms with van der Waals surface area (Å²) in [6.07, 6.45) is 0. The SMILES string of the molecule is COc1cc(Br)c(C(=O)c2ccccc2F)cc1OC. The molecule has 5 heteroatoms. The summed E-state index contributed by atoms with van der Waals surface area (Å²) in [5, 5.41) is 0. The molecule has 104 valence electrons. The van der Waals surface area contributed by atoms with Crippen LogP contribution in [0, 0.1) is 5.82 Å². The molecular formula is C15H12BrFO3. The minimum Gasteiger partial charge on any atom is -0.493 e. The molecule has 0 bridgehead atoms. The van der Waals surface area contributed by atoms with Gasteiger partial charge in [-0.3, -0.25) is 4.79 Å². The normalized spacial score (nSPS) is 10.2. The molecule has 0 fully saturated rings. The quantitative estimate of drug-likeness (QED) is 0.794. The van der Waals surface area contributed by atoms with E-state index in [9.17, 15) is 9.18 Å². The Bertz CT molecular complexity index is 656. The van der Waals surface area contributed by atoms with E-state index in [1.165, 1.54) is 38.5 Å². The van der Waals surface area contributed by atoms with Gasteiger partial charge < -0.3 is 9.47 Å². The smallest absolute Gasteiger partial charge is 0.197 e. The molecule has 0 spiro atoms. The van der Waals surface area contributed by atoms with E-state index >= 15 is 0 Å². The van der Waals surface area contributed by atoms with Gasteiger partial charge in [0.2, 0.25) is 0 Å². The predicted molar refractivity (Wildman–Crippen MR) is 77.1 cm³/mol. The van der Waals surface area contributed by atoms with E-state index in [1.807, 2.05) is 0 Å². The fourth-order valence-corrected chi connectivity index (χ4v) is 2.32. The van der Waals surface area contributed by atoms with Gasteiger partial charge in [-0.05, 0) is 40.2 Å². The minimum absolute atomic E-state index is 0.0143. The van der Waals surface area contributed by atoms with E-state index in [1.54, 1.807) is 12.1 Å². The van der Waals surface area contributed by atoms with Crippen LogP contribution in [0.15, 0.2) is 40.9 Å². The van der Waals surface area contributed by atoms with Gasteiger partial charge in [-0.15, -0.1) is 0 Å². The number of carbonyl (C=O) groups excluding carboxylic acids is 1. The van der Waals surface area contributed by atoms with Crippen molar-refractivity contribution in [3.8, 4) is 11.5 Å². The molecule has 0 atom stereocenters. The second kappa shape index (κ2) is 6.05. The molecule has 0 aliphatic heterocycles. The molecule has 0 N–H and O–H groups in total. The molecule has 0 amide bonds. The van der Waals surface area contributed by atoms with Gasteiger partial charge >= 0.3 is 0 Å². The van der Waals surface area contributed by atoms with Crippen LogP contribution in [0.2, 0.25) is 0 Å². The molecule has 0 aromatic heterocycles. The Morgan fingerprint density at radius 3 is 2.25 bits per heavy atom. The summed E-state index contributed by atoms with van der Waals surface area (Å²) in [5.41, 5.74) is 0.327. The monoisotopic (exact) mass is 338 g/mol. The molecule has 2 aromatic rings. The summed E-state index contributed by atoms with van der Waals surface area (Å²) in [4.78, 5) is 12.4. The van der Waals surface area contributed by atoms with E-state index in [4.69, 9.17) is 9.47 Å². The number of halogens is 2. The predicted octanol–water partition coefficient (Wildman–Crippen LogP) is 3.84. The maximum Gasteiger partial charge on any atom is 0.197 e. The second-order valence-electron chi connectivity index (χ2n) is 4.00. The molecule has 20 heavy (non-hydrogen) atoms. The summed E-state index contributed by atoms with van der Waals surface area (Å²) < 4.78 is 24.5. The first-order valence-corrected chi connectivity index (χ1v) is 6.58. The van der Waals surface area contributed by atoms with Crippen LogP contribution in [0.1, 0.15) is 15.9 Å². The van der Waals surface area contributed by atoms with E-state index in [0.29, 0.717) is 21.5 Å². The zero-order valence-electron chi connectivity index (χ0n) is 10.9. The number of carbonyl (C=O) groups is 1. The second-order valence-corrected chi connectivity index (χ2v) is 4.85. The summed E-state index contributed by atoms with van der Waals surface area (Å²) in [7, 11) is 2.98. The van der Waals surface area contributed by atoms with Crippen LogP contribution >= 0.6 is 15.9 Å². The van der Waals surface area contributed by atoms with E-state index in [2.05, 4.69) is 15.9 Å². The highest BCUT2D eigenvalue weighted by atomic mass is 79.9. The Kier molecular flexibility index (Phi) is 4.39. The van der Waals surface area contributed by atoms with Crippen LogP contribution in [0.25, 0.3) is 0 Å². The van der Waals surface area contributed by atoms with Crippen molar-refractivity contribution in [2.75, 3.05) is 14.2 Å². The van der Waals surface area contributed by atoms with Gasteiger partial charge in [-0.2, -0.15) is 0 Å². The van der Waals surface area contributed by atoms with E-state index in [-0.39, 0.29) is 5.56 Å². The Labute approximate surface area is 124 Å². The van der Waals surface area contributed by atoms with E-state index < -0.39 is 11.6 Å². The van der Waals surface area contributed by atoms with Crippen LogP contribution in [-0.4, -0.2) is 20.0 Å². The molecule has 0 heterocycles. The van der Waals surface area contributed by atoms with Crippen molar-refractivity contribution in [2.24, 2.45) is 0 Å². The standard InChI is InChI=1S/C15H12BrFO3/c1-19-13-7-10(11(16)8-14(13)20-2)15(18)9-5-3-4-6-12(9)17/h3-8H,1-2H3. The molecule has 2 rings (SSSR count). The van der Waals surface area contributed by atoms with Crippen molar-refractivity contribution in [3.05, 3.63) is 57.8 Å². The van der Waals surface area contributed by atoms with Gasteiger partial charge in [0.1, 0.15) is 5.82 Å². The third-order valence-electron chi connectivity index (χ3n) is 2.84. The van der Waals surface area contributed by atoms with Gasteiger partial charge in [0.05, 0.1) is 19.8 Å². The lowest BCUT2D eigenvalue weighted by Gasteiger charge is -2.11. The van der Waals surface area contributed by atoms with Gasteiger partial charge in [0.15, 0.2) is 17.3 Å². The third kappa shape index (κ3) is 2.67. The van der Waals surface area contributed by atoms with E-state index in [0.717, 1.165) is 0 Å². The zero-order valence-corrected chi connectivity index (χ0v) is 12.5. The minimum atomic E-state index is -0.556. The third-order valence-corrected chi connectivity index (χ3v) is 3.49. The lowest BCUT2D eigenvalue weighted by Crippen LogP contribution is -2.06. The van der Waals surface area contributed by atoms with Crippen molar-refractivity contribution in [2.45, 2.75) is 0 Å². The molecule has 0 radical (unpaired) electrons. The van der Waals surface area contributed by atoms with Gasteiger partial charge in [0.25, 0.3) is 0 Å². The van der Waals surface area contributed by atoms with Crippen molar-refractivity contribution in [3.63, 3.8) is 0 Å². The Morgan fingerprint density at radius 1 is 1.05 bits per heavy atom. The molecule has 0 saturated heterocycles. The summed E-state index contributed by atoms with van der Waals surface area (Å²) in [6, 6.07) is 8.99. The Balaban J connectivity index is 2.53. The number of hydrogen-bond acceptors (Lipinski definition) is 3. The maximum atomic E-state index is 13.7. The number of ketones is 1. The highest BCUT2D eigenvalue weighted by Gasteiger charge is 2.19. The first-order chi connectivity index (χ1) is 9.58. The highest BCUT2D eigenvalue weighted by molar-refractivity contribution is 9.10. The summed E-state index contributed by atoms with van der Waals surface area (Å²) >= 11 is 3.29. The van der Waals surface area contributed by atoms with Crippen LogP contribution in [0.5, 0.6) is 11.5 Å².